The minimum atomic E-state index is 0.438. The Bertz CT molecular complexity index is 385. The molecule has 4 heteroatoms. The van der Waals surface area contributed by atoms with Gasteiger partial charge in [0.2, 0.25) is 0 Å². The smallest absolute Gasteiger partial charge is 0.0537 e. The number of aryl methyl sites for hydroxylation is 1. The summed E-state index contributed by atoms with van der Waals surface area (Å²) in [6.45, 7) is 9.58. The maximum absolute atomic E-state index is 6.05. The predicted octanol–water partition coefficient (Wildman–Crippen LogP) is 2.41. The Morgan fingerprint density at radius 3 is 2.79 bits per heavy atom. The average molecular weight is 264 g/mol. The lowest BCUT2D eigenvalue weighted by Crippen LogP contribution is -2.39. The molecule has 2 N–H and O–H groups in total. The van der Waals surface area contributed by atoms with Crippen LogP contribution in [0.1, 0.15) is 51.6 Å². The standard InChI is InChI=1S/C15H28N4/c1-4-18-11-14(10-17-18)15-13(9-16)7-5-6-8-19(15)12(2)3/h10-13,15H,4-9,16H2,1-3H3. The number of rotatable bonds is 4. The molecule has 0 aliphatic carbocycles. The van der Waals surface area contributed by atoms with Crippen LogP contribution >= 0.6 is 0 Å². The van der Waals surface area contributed by atoms with E-state index in [1.807, 2.05) is 10.9 Å². The zero-order chi connectivity index (χ0) is 13.8. The molecule has 1 fully saturated rings. The van der Waals surface area contributed by atoms with Crippen LogP contribution in [0.3, 0.4) is 0 Å². The van der Waals surface area contributed by atoms with E-state index in [-0.39, 0.29) is 0 Å². The van der Waals surface area contributed by atoms with Crippen LogP contribution < -0.4 is 5.73 Å². The SMILES string of the molecule is CCn1cc(C2C(CN)CCCCN2C(C)C)cn1. The topological polar surface area (TPSA) is 47.1 Å². The highest BCUT2D eigenvalue weighted by molar-refractivity contribution is 5.13. The highest BCUT2D eigenvalue weighted by Gasteiger charge is 2.32. The van der Waals surface area contributed by atoms with Gasteiger partial charge in [-0.25, -0.2) is 0 Å². The highest BCUT2D eigenvalue weighted by atomic mass is 15.3. The number of hydrogen-bond acceptors (Lipinski definition) is 3. The minimum Gasteiger partial charge on any atom is -0.330 e. The van der Waals surface area contributed by atoms with E-state index in [0.717, 1.165) is 13.1 Å². The van der Waals surface area contributed by atoms with Gasteiger partial charge in [-0.2, -0.15) is 5.10 Å². The van der Waals surface area contributed by atoms with Crippen molar-refractivity contribution >= 4 is 0 Å². The number of nitrogens with zero attached hydrogens (tertiary/aromatic N) is 3. The van der Waals surface area contributed by atoms with Crippen LogP contribution in [-0.4, -0.2) is 33.8 Å². The summed E-state index contributed by atoms with van der Waals surface area (Å²) >= 11 is 0. The Balaban J connectivity index is 2.31. The summed E-state index contributed by atoms with van der Waals surface area (Å²) in [5.41, 5.74) is 7.39. The lowest BCUT2D eigenvalue weighted by molar-refractivity contribution is 0.121. The summed E-state index contributed by atoms with van der Waals surface area (Å²) in [5.74, 6) is 0.555. The van der Waals surface area contributed by atoms with Crippen molar-refractivity contribution in [3.8, 4) is 0 Å². The number of nitrogens with two attached hydrogens (primary N) is 1. The van der Waals surface area contributed by atoms with E-state index in [9.17, 15) is 0 Å². The minimum absolute atomic E-state index is 0.438. The molecule has 0 bridgehead atoms. The first-order valence-corrected chi connectivity index (χ1v) is 7.65. The van der Waals surface area contributed by atoms with Crippen LogP contribution in [0.25, 0.3) is 0 Å². The van der Waals surface area contributed by atoms with Crippen molar-refractivity contribution in [2.45, 2.75) is 58.7 Å². The molecule has 2 heterocycles. The van der Waals surface area contributed by atoms with Crippen LogP contribution in [0, 0.1) is 5.92 Å². The number of aromatic nitrogens is 2. The molecule has 19 heavy (non-hydrogen) atoms. The van der Waals surface area contributed by atoms with Crippen LogP contribution in [0.2, 0.25) is 0 Å². The van der Waals surface area contributed by atoms with E-state index < -0.39 is 0 Å². The molecule has 4 nitrogen and oxygen atoms in total. The van der Waals surface area contributed by atoms with Gasteiger partial charge in [-0.1, -0.05) is 6.42 Å². The van der Waals surface area contributed by atoms with E-state index in [1.165, 1.54) is 31.4 Å². The lowest BCUT2D eigenvalue weighted by Gasteiger charge is -2.37. The molecule has 1 aliphatic rings. The molecule has 0 saturated carbocycles. The van der Waals surface area contributed by atoms with Gasteiger partial charge in [0.25, 0.3) is 0 Å². The predicted molar refractivity (Wildman–Crippen MR) is 78.9 cm³/mol. The van der Waals surface area contributed by atoms with Gasteiger partial charge in [0.05, 0.1) is 6.20 Å². The molecule has 0 spiro atoms. The largest absolute Gasteiger partial charge is 0.330 e. The maximum Gasteiger partial charge on any atom is 0.0537 e. The zero-order valence-corrected chi connectivity index (χ0v) is 12.5. The van der Waals surface area contributed by atoms with Crippen molar-refractivity contribution in [3.63, 3.8) is 0 Å². The van der Waals surface area contributed by atoms with Gasteiger partial charge in [0.1, 0.15) is 0 Å². The molecule has 1 aliphatic heterocycles. The second-order valence-corrected chi connectivity index (χ2v) is 5.90. The quantitative estimate of drug-likeness (QED) is 0.908. The van der Waals surface area contributed by atoms with Crippen molar-refractivity contribution in [2.75, 3.05) is 13.1 Å². The highest BCUT2D eigenvalue weighted by Crippen LogP contribution is 2.35. The summed E-state index contributed by atoms with van der Waals surface area (Å²) in [7, 11) is 0. The third-order valence-corrected chi connectivity index (χ3v) is 4.33. The molecule has 0 radical (unpaired) electrons. The first-order chi connectivity index (χ1) is 9.17. The van der Waals surface area contributed by atoms with E-state index in [0.29, 0.717) is 18.0 Å². The van der Waals surface area contributed by atoms with Gasteiger partial charge >= 0.3 is 0 Å². The molecule has 0 amide bonds. The summed E-state index contributed by atoms with van der Waals surface area (Å²) in [6.07, 6.45) is 8.06. The van der Waals surface area contributed by atoms with Crippen molar-refractivity contribution in [1.82, 2.24) is 14.7 Å². The summed E-state index contributed by atoms with van der Waals surface area (Å²) in [5, 5.41) is 4.45. The Morgan fingerprint density at radius 2 is 2.21 bits per heavy atom. The molecular formula is C15H28N4. The molecule has 2 atom stereocenters. The number of likely N-dealkylation sites (tertiary alicyclic amines) is 1. The summed E-state index contributed by atoms with van der Waals surface area (Å²) < 4.78 is 2.02. The van der Waals surface area contributed by atoms with Crippen molar-refractivity contribution < 1.29 is 0 Å². The number of hydrogen-bond donors (Lipinski definition) is 1. The van der Waals surface area contributed by atoms with Gasteiger partial charge in [-0.15, -0.1) is 0 Å². The Hall–Kier alpha value is -0.870. The monoisotopic (exact) mass is 264 g/mol. The van der Waals surface area contributed by atoms with Crippen molar-refractivity contribution in [3.05, 3.63) is 18.0 Å². The third kappa shape index (κ3) is 3.18. The summed E-state index contributed by atoms with van der Waals surface area (Å²) in [4.78, 5) is 2.61. The van der Waals surface area contributed by atoms with Gasteiger partial charge in [-0.3, -0.25) is 9.58 Å². The van der Waals surface area contributed by atoms with Crippen LogP contribution in [0.5, 0.6) is 0 Å². The molecule has 2 rings (SSSR count). The van der Waals surface area contributed by atoms with E-state index >= 15 is 0 Å². The molecule has 108 valence electrons. The fraction of sp³-hybridized carbons (Fsp3) is 0.800. The fourth-order valence-electron chi connectivity index (χ4n) is 3.26. The molecule has 2 unspecified atom stereocenters. The van der Waals surface area contributed by atoms with Crippen LogP contribution in [0.15, 0.2) is 12.4 Å². The normalized spacial score (nSPS) is 25.7. The molecule has 1 aromatic rings. The van der Waals surface area contributed by atoms with E-state index in [4.69, 9.17) is 5.73 Å². The second kappa shape index (κ2) is 6.53. The van der Waals surface area contributed by atoms with Gasteiger partial charge in [-0.05, 0) is 52.6 Å². The van der Waals surface area contributed by atoms with Gasteiger partial charge in [0, 0.05) is 30.4 Å². The Labute approximate surface area is 117 Å². The first kappa shape index (κ1) is 14.5. The third-order valence-electron chi connectivity index (χ3n) is 4.33. The Kier molecular flexibility index (Phi) is 4.99. The molecule has 1 saturated heterocycles. The van der Waals surface area contributed by atoms with Crippen molar-refractivity contribution in [2.24, 2.45) is 11.7 Å². The molecule has 1 aromatic heterocycles. The zero-order valence-electron chi connectivity index (χ0n) is 12.5. The second-order valence-electron chi connectivity index (χ2n) is 5.90. The lowest BCUT2D eigenvalue weighted by atomic mass is 9.90. The summed E-state index contributed by atoms with van der Waals surface area (Å²) in [6, 6.07) is 0.995. The van der Waals surface area contributed by atoms with Crippen molar-refractivity contribution in [1.29, 1.82) is 0 Å². The molecule has 0 aromatic carbocycles. The van der Waals surface area contributed by atoms with E-state index in [2.05, 4.69) is 37.0 Å². The van der Waals surface area contributed by atoms with Crippen LogP contribution in [-0.2, 0) is 6.54 Å². The fourth-order valence-corrected chi connectivity index (χ4v) is 3.26. The first-order valence-electron chi connectivity index (χ1n) is 7.65. The van der Waals surface area contributed by atoms with Gasteiger partial charge in [0.15, 0.2) is 0 Å². The van der Waals surface area contributed by atoms with Gasteiger partial charge < -0.3 is 5.73 Å². The Morgan fingerprint density at radius 1 is 1.42 bits per heavy atom. The molecular weight excluding hydrogens is 236 g/mol. The average Bonchev–Trinajstić information content (AvgIpc) is 2.76. The maximum atomic E-state index is 6.05. The van der Waals surface area contributed by atoms with Crippen LogP contribution in [0.4, 0.5) is 0 Å². The van der Waals surface area contributed by atoms with E-state index in [1.54, 1.807) is 0 Å².